The van der Waals surface area contributed by atoms with E-state index in [0.29, 0.717) is 17.7 Å². The van der Waals surface area contributed by atoms with Crippen molar-refractivity contribution < 1.29 is 0 Å². The maximum absolute atomic E-state index is 13.5. The van der Waals surface area contributed by atoms with Gasteiger partial charge in [0.05, 0.1) is 0 Å². The van der Waals surface area contributed by atoms with Crippen molar-refractivity contribution in [3.8, 4) is 0 Å². The quantitative estimate of drug-likeness (QED) is 0.629. The molecule has 0 bridgehead atoms. The third-order valence-electron chi connectivity index (χ3n) is 7.17. The first kappa shape index (κ1) is 21.0. The Labute approximate surface area is 187 Å². The van der Waals surface area contributed by atoms with E-state index in [4.69, 9.17) is 4.98 Å². The SMILES string of the molecule is Cc1cccc(N2CCCn3c2nc2c3c(=O)n(CCN3CCCCC3)c(=O)n2C)c1C. The van der Waals surface area contributed by atoms with E-state index in [1.807, 2.05) is 4.57 Å². The molecule has 170 valence electrons. The number of benzene rings is 1. The molecule has 1 saturated heterocycles. The first-order valence-electron chi connectivity index (χ1n) is 11.7. The zero-order chi connectivity index (χ0) is 22.4. The Morgan fingerprint density at radius 3 is 2.50 bits per heavy atom. The summed E-state index contributed by atoms with van der Waals surface area (Å²) in [6.45, 7) is 9.04. The Kier molecular flexibility index (Phi) is 5.41. The smallest absolute Gasteiger partial charge is 0.312 e. The molecule has 0 saturated carbocycles. The molecule has 8 heteroatoms. The maximum atomic E-state index is 13.5. The number of anilines is 2. The zero-order valence-corrected chi connectivity index (χ0v) is 19.3. The first-order valence-corrected chi connectivity index (χ1v) is 11.7. The lowest BCUT2D eigenvalue weighted by atomic mass is 10.1. The van der Waals surface area contributed by atoms with E-state index in [1.54, 1.807) is 11.6 Å². The topological polar surface area (TPSA) is 68.3 Å². The minimum atomic E-state index is -0.284. The predicted molar refractivity (Wildman–Crippen MR) is 127 cm³/mol. The summed E-state index contributed by atoms with van der Waals surface area (Å²) in [7, 11) is 1.72. The maximum Gasteiger partial charge on any atom is 0.332 e. The van der Waals surface area contributed by atoms with Gasteiger partial charge in [0.25, 0.3) is 5.56 Å². The molecular formula is C24H32N6O2. The summed E-state index contributed by atoms with van der Waals surface area (Å²) in [5.74, 6) is 0.751. The van der Waals surface area contributed by atoms with E-state index >= 15 is 0 Å². The van der Waals surface area contributed by atoms with Crippen LogP contribution in [0.3, 0.4) is 0 Å². The van der Waals surface area contributed by atoms with Gasteiger partial charge in [-0.15, -0.1) is 0 Å². The van der Waals surface area contributed by atoms with Crippen LogP contribution in [0.1, 0.15) is 36.8 Å². The van der Waals surface area contributed by atoms with Crippen LogP contribution in [-0.4, -0.2) is 49.8 Å². The molecule has 2 aromatic heterocycles. The van der Waals surface area contributed by atoms with Gasteiger partial charge in [-0.3, -0.25) is 13.9 Å². The van der Waals surface area contributed by atoms with Crippen LogP contribution in [0.5, 0.6) is 0 Å². The molecule has 2 aliphatic heterocycles. The third-order valence-corrected chi connectivity index (χ3v) is 7.17. The monoisotopic (exact) mass is 436 g/mol. The van der Waals surface area contributed by atoms with Crippen molar-refractivity contribution in [2.45, 2.75) is 52.6 Å². The molecule has 0 spiro atoms. The van der Waals surface area contributed by atoms with Gasteiger partial charge < -0.3 is 14.4 Å². The molecule has 8 nitrogen and oxygen atoms in total. The van der Waals surface area contributed by atoms with Gasteiger partial charge in [0, 0.05) is 38.9 Å². The van der Waals surface area contributed by atoms with Gasteiger partial charge in [-0.1, -0.05) is 18.6 Å². The fourth-order valence-corrected chi connectivity index (χ4v) is 5.14. The minimum Gasteiger partial charge on any atom is -0.312 e. The number of nitrogens with zero attached hydrogens (tertiary/aromatic N) is 6. The molecule has 3 aromatic rings. The summed E-state index contributed by atoms with van der Waals surface area (Å²) >= 11 is 0. The first-order chi connectivity index (χ1) is 15.5. The van der Waals surface area contributed by atoms with Crippen molar-refractivity contribution in [1.82, 2.24) is 23.6 Å². The van der Waals surface area contributed by atoms with Gasteiger partial charge in [0.15, 0.2) is 11.2 Å². The summed E-state index contributed by atoms with van der Waals surface area (Å²) in [6, 6.07) is 6.27. The summed E-state index contributed by atoms with van der Waals surface area (Å²) in [5, 5.41) is 0. The average molecular weight is 437 g/mol. The Morgan fingerprint density at radius 1 is 0.938 bits per heavy atom. The number of aromatic nitrogens is 4. The average Bonchev–Trinajstić information content (AvgIpc) is 3.20. The summed E-state index contributed by atoms with van der Waals surface area (Å²) in [5.41, 5.74) is 4.05. The fraction of sp³-hybridized carbons (Fsp3) is 0.542. The molecule has 1 aromatic carbocycles. The Morgan fingerprint density at radius 2 is 1.72 bits per heavy atom. The highest BCUT2D eigenvalue weighted by Crippen LogP contribution is 2.33. The van der Waals surface area contributed by atoms with Gasteiger partial charge in [0.1, 0.15) is 0 Å². The van der Waals surface area contributed by atoms with Crippen LogP contribution >= 0.6 is 0 Å². The lowest BCUT2D eigenvalue weighted by Gasteiger charge is -2.30. The number of fused-ring (bicyclic) bond motifs is 3. The molecular weight excluding hydrogens is 404 g/mol. The van der Waals surface area contributed by atoms with Crippen LogP contribution in [0.15, 0.2) is 27.8 Å². The van der Waals surface area contributed by atoms with Crippen LogP contribution in [-0.2, 0) is 20.1 Å². The second kappa shape index (κ2) is 8.24. The largest absolute Gasteiger partial charge is 0.332 e. The molecule has 0 unspecified atom stereocenters. The van der Waals surface area contributed by atoms with Crippen molar-refractivity contribution in [1.29, 1.82) is 0 Å². The predicted octanol–water partition coefficient (Wildman–Crippen LogP) is 2.54. The molecule has 32 heavy (non-hydrogen) atoms. The molecule has 0 amide bonds. The van der Waals surface area contributed by atoms with E-state index in [-0.39, 0.29) is 11.2 Å². The van der Waals surface area contributed by atoms with Crippen LogP contribution in [0.25, 0.3) is 11.2 Å². The van der Waals surface area contributed by atoms with Crippen molar-refractivity contribution in [2.24, 2.45) is 7.05 Å². The van der Waals surface area contributed by atoms with Gasteiger partial charge in [-0.05, 0) is 63.4 Å². The number of aryl methyl sites for hydroxylation is 3. The molecule has 0 atom stereocenters. The molecule has 4 heterocycles. The fourth-order valence-electron chi connectivity index (χ4n) is 5.14. The van der Waals surface area contributed by atoms with E-state index in [9.17, 15) is 9.59 Å². The van der Waals surface area contributed by atoms with Gasteiger partial charge >= 0.3 is 5.69 Å². The van der Waals surface area contributed by atoms with Crippen LogP contribution in [0, 0.1) is 13.8 Å². The number of imidazole rings is 1. The summed E-state index contributed by atoms with van der Waals surface area (Å²) in [6.07, 6.45) is 4.57. The highest BCUT2D eigenvalue weighted by Gasteiger charge is 2.28. The van der Waals surface area contributed by atoms with E-state index in [2.05, 4.69) is 41.8 Å². The Hall–Kier alpha value is -2.87. The summed E-state index contributed by atoms with van der Waals surface area (Å²) in [4.78, 5) is 36.0. The Balaban J connectivity index is 1.60. The van der Waals surface area contributed by atoms with Gasteiger partial charge in [0.2, 0.25) is 5.95 Å². The third kappa shape index (κ3) is 3.37. The molecule has 0 aliphatic carbocycles. The number of rotatable bonds is 4. The zero-order valence-electron chi connectivity index (χ0n) is 19.3. The van der Waals surface area contributed by atoms with Crippen molar-refractivity contribution in [3.63, 3.8) is 0 Å². The Bertz CT molecular complexity index is 1280. The molecule has 0 N–H and O–H groups in total. The lowest BCUT2D eigenvalue weighted by molar-refractivity contribution is 0.218. The van der Waals surface area contributed by atoms with Crippen molar-refractivity contribution in [2.75, 3.05) is 31.1 Å². The van der Waals surface area contributed by atoms with Crippen molar-refractivity contribution >= 4 is 22.8 Å². The highest BCUT2D eigenvalue weighted by molar-refractivity contribution is 5.77. The van der Waals surface area contributed by atoms with E-state index in [0.717, 1.165) is 50.8 Å². The van der Waals surface area contributed by atoms with Crippen LogP contribution in [0.4, 0.5) is 11.6 Å². The number of hydrogen-bond donors (Lipinski definition) is 0. The minimum absolute atomic E-state index is 0.221. The van der Waals surface area contributed by atoms with E-state index in [1.165, 1.54) is 35.0 Å². The molecule has 2 aliphatic rings. The number of hydrogen-bond acceptors (Lipinski definition) is 5. The van der Waals surface area contributed by atoms with Crippen molar-refractivity contribution in [3.05, 3.63) is 50.2 Å². The second-order valence-corrected chi connectivity index (χ2v) is 9.16. The molecule has 0 radical (unpaired) electrons. The molecule has 1 fully saturated rings. The van der Waals surface area contributed by atoms with Crippen LogP contribution in [0.2, 0.25) is 0 Å². The molecule has 5 rings (SSSR count). The van der Waals surface area contributed by atoms with Gasteiger partial charge in [-0.2, -0.15) is 4.98 Å². The normalized spacial score (nSPS) is 17.2. The van der Waals surface area contributed by atoms with E-state index < -0.39 is 0 Å². The van der Waals surface area contributed by atoms with Gasteiger partial charge in [-0.25, -0.2) is 4.79 Å². The van der Waals surface area contributed by atoms with Crippen LogP contribution < -0.4 is 16.1 Å². The standard InChI is InChI=1S/C24H32N6O2/c1-17-9-7-10-19(18(17)2)28-13-8-14-29-20-21(25-23(28)29)26(3)24(32)30(22(20)31)16-15-27-11-5-4-6-12-27/h7,9-10H,4-6,8,11-16H2,1-3H3. The summed E-state index contributed by atoms with van der Waals surface area (Å²) < 4.78 is 4.96. The number of piperidine rings is 1. The highest BCUT2D eigenvalue weighted by atomic mass is 16.2. The lowest BCUT2D eigenvalue weighted by Crippen LogP contribution is -2.43. The second-order valence-electron chi connectivity index (χ2n) is 9.16. The number of likely N-dealkylation sites (tertiary alicyclic amines) is 1.